The lowest BCUT2D eigenvalue weighted by molar-refractivity contribution is -0.131. The molecule has 0 bridgehead atoms. The van der Waals surface area contributed by atoms with Gasteiger partial charge in [0.1, 0.15) is 5.82 Å². The number of aromatic nitrogens is 1. The van der Waals surface area contributed by atoms with Crippen molar-refractivity contribution in [3.05, 3.63) is 76.0 Å². The van der Waals surface area contributed by atoms with Crippen LogP contribution in [0.1, 0.15) is 24.8 Å². The van der Waals surface area contributed by atoms with Crippen LogP contribution in [0.3, 0.4) is 0 Å². The minimum atomic E-state index is -0.375. The second kappa shape index (κ2) is 9.22. The van der Waals surface area contributed by atoms with Gasteiger partial charge in [-0.15, -0.1) is 0 Å². The highest BCUT2D eigenvalue weighted by molar-refractivity contribution is 6.42. The molecule has 0 fully saturated rings. The molecule has 0 aliphatic heterocycles. The zero-order valence-electron chi connectivity index (χ0n) is 15.3. The van der Waals surface area contributed by atoms with E-state index in [9.17, 15) is 9.18 Å². The van der Waals surface area contributed by atoms with Crippen molar-refractivity contribution in [2.75, 3.05) is 6.54 Å². The monoisotopic (exact) mass is 420 g/mol. The summed E-state index contributed by atoms with van der Waals surface area (Å²) in [6.07, 6.45) is 2.06. The molecule has 2 aromatic carbocycles. The molecule has 0 atom stereocenters. The Morgan fingerprint density at radius 3 is 2.68 bits per heavy atom. The molecular formula is C21H19Cl2FN2O2. The third kappa shape index (κ3) is 4.91. The first-order chi connectivity index (χ1) is 13.5. The molecule has 0 aliphatic carbocycles. The number of rotatable bonds is 7. The van der Waals surface area contributed by atoms with E-state index < -0.39 is 0 Å². The minimum absolute atomic E-state index is 0.0285. The number of hydrogen-bond donors (Lipinski definition) is 0. The summed E-state index contributed by atoms with van der Waals surface area (Å²) >= 11 is 12.0. The van der Waals surface area contributed by atoms with Crippen LogP contribution >= 0.6 is 23.2 Å². The number of aryl methyl sites for hydroxylation is 1. The molecule has 4 nitrogen and oxygen atoms in total. The van der Waals surface area contributed by atoms with Crippen LogP contribution in [0.2, 0.25) is 10.0 Å². The Hall–Kier alpha value is -2.37. The van der Waals surface area contributed by atoms with E-state index in [1.165, 1.54) is 12.3 Å². The summed E-state index contributed by atoms with van der Waals surface area (Å²) in [5.41, 5.74) is 1.25. The van der Waals surface area contributed by atoms with Gasteiger partial charge < -0.3 is 9.32 Å². The predicted octanol–water partition coefficient (Wildman–Crippen LogP) is 5.77. The van der Waals surface area contributed by atoms with E-state index in [2.05, 4.69) is 4.98 Å². The maximum atomic E-state index is 13.8. The van der Waals surface area contributed by atoms with Crippen molar-refractivity contribution >= 4 is 29.1 Å². The quantitative estimate of drug-likeness (QED) is 0.487. The van der Waals surface area contributed by atoms with Crippen LogP contribution in [-0.4, -0.2) is 22.3 Å². The largest absolute Gasteiger partial charge is 0.441 e. The van der Waals surface area contributed by atoms with Gasteiger partial charge in [-0.3, -0.25) is 4.79 Å². The number of amides is 1. The van der Waals surface area contributed by atoms with Gasteiger partial charge in [0, 0.05) is 25.9 Å². The Kier molecular flexibility index (Phi) is 6.70. The summed E-state index contributed by atoms with van der Waals surface area (Å²) in [5, 5.41) is 0.942. The number of halogens is 3. The van der Waals surface area contributed by atoms with E-state index in [1.54, 1.807) is 35.2 Å². The Morgan fingerprint density at radius 2 is 1.96 bits per heavy atom. The predicted molar refractivity (Wildman–Crippen MR) is 108 cm³/mol. The first-order valence-electron chi connectivity index (χ1n) is 8.89. The van der Waals surface area contributed by atoms with Crippen molar-refractivity contribution in [3.63, 3.8) is 0 Å². The molecule has 0 saturated carbocycles. The Bertz CT molecular complexity index is 975. The number of nitrogens with zero attached hydrogens (tertiary/aromatic N) is 2. The highest BCUT2D eigenvalue weighted by atomic mass is 35.5. The third-order valence-electron chi connectivity index (χ3n) is 4.34. The maximum Gasteiger partial charge on any atom is 0.223 e. The van der Waals surface area contributed by atoms with E-state index in [0.717, 1.165) is 5.56 Å². The lowest BCUT2D eigenvalue weighted by Crippen LogP contribution is -2.30. The molecular weight excluding hydrogens is 402 g/mol. The first kappa shape index (κ1) is 20.4. The van der Waals surface area contributed by atoms with Crippen LogP contribution in [0.15, 0.2) is 53.1 Å². The van der Waals surface area contributed by atoms with Gasteiger partial charge >= 0.3 is 0 Å². The summed E-state index contributed by atoms with van der Waals surface area (Å²) in [6, 6.07) is 11.7. The summed E-state index contributed by atoms with van der Waals surface area (Å²) in [6.45, 7) is 2.92. The third-order valence-corrected chi connectivity index (χ3v) is 5.08. The molecule has 28 heavy (non-hydrogen) atoms. The van der Waals surface area contributed by atoms with Crippen LogP contribution in [0.4, 0.5) is 4.39 Å². The second-order valence-electron chi connectivity index (χ2n) is 6.25. The molecule has 7 heteroatoms. The van der Waals surface area contributed by atoms with Gasteiger partial charge in [0.05, 0.1) is 21.8 Å². The minimum Gasteiger partial charge on any atom is -0.441 e. The Labute approximate surface area is 172 Å². The summed E-state index contributed by atoms with van der Waals surface area (Å²) in [4.78, 5) is 18.5. The van der Waals surface area contributed by atoms with Crippen LogP contribution in [0.25, 0.3) is 11.3 Å². The van der Waals surface area contributed by atoms with Crippen molar-refractivity contribution in [3.8, 4) is 11.3 Å². The molecule has 0 unspecified atom stereocenters. The van der Waals surface area contributed by atoms with Crippen molar-refractivity contribution in [2.45, 2.75) is 26.3 Å². The van der Waals surface area contributed by atoms with Gasteiger partial charge in [-0.25, -0.2) is 9.37 Å². The van der Waals surface area contributed by atoms with E-state index in [0.29, 0.717) is 46.8 Å². The van der Waals surface area contributed by atoms with Gasteiger partial charge in [0.15, 0.2) is 11.7 Å². The zero-order valence-corrected chi connectivity index (χ0v) is 16.8. The fraction of sp³-hybridized carbons (Fsp3) is 0.238. The summed E-state index contributed by atoms with van der Waals surface area (Å²) < 4.78 is 19.5. The highest BCUT2D eigenvalue weighted by Gasteiger charge is 2.16. The van der Waals surface area contributed by atoms with Gasteiger partial charge in [0.25, 0.3) is 0 Å². The molecule has 0 saturated heterocycles. The molecule has 1 amide bonds. The molecule has 3 rings (SSSR count). The number of carbonyl (C=O) groups is 1. The average molecular weight is 421 g/mol. The van der Waals surface area contributed by atoms with Crippen molar-refractivity contribution in [2.24, 2.45) is 0 Å². The topological polar surface area (TPSA) is 46.3 Å². The number of hydrogen-bond acceptors (Lipinski definition) is 3. The Morgan fingerprint density at radius 1 is 1.18 bits per heavy atom. The number of carbonyl (C=O) groups excluding carboxylic acids is 1. The first-order valence-corrected chi connectivity index (χ1v) is 9.64. The smallest absolute Gasteiger partial charge is 0.223 e. The molecule has 0 spiro atoms. The molecule has 0 N–H and O–H groups in total. The van der Waals surface area contributed by atoms with E-state index >= 15 is 0 Å². The fourth-order valence-corrected chi connectivity index (χ4v) is 3.14. The lowest BCUT2D eigenvalue weighted by atomic mass is 10.2. The molecule has 1 heterocycles. The van der Waals surface area contributed by atoms with Gasteiger partial charge in [0.2, 0.25) is 5.91 Å². The standard InChI is InChI=1S/C21H19Cl2FN2O2/c1-2-26(13-14-7-8-16(22)17(23)11-14)21(27)10-9-20-25-12-19(28-20)15-5-3-4-6-18(15)24/h3-8,11-12H,2,9-10,13H2,1H3. The highest BCUT2D eigenvalue weighted by Crippen LogP contribution is 2.25. The van der Waals surface area contributed by atoms with E-state index in [-0.39, 0.29) is 18.1 Å². The van der Waals surface area contributed by atoms with Crippen LogP contribution in [0.5, 0.6) is 0 Å². The molecule has 1 aromatic heterocycles. The Balaban J connectivity index is 1.61. The average Bonchev–Trinajstić information content (AvgIpc) is 3.16. The van der Waals surface area contributed by atoms with Crippen LogP contribution in [0, 0.1) is 5.82 Å². The molecule has 0 radical (unpaired) electrons. The van der Waals surface area contributed by atoms with Gasteiger partial charge in [-0.2, -0.15) is 0 Å². The van der Waals surface area contributed by atoms with Gasteiger partial charge in [-0.05, 0) is 36.8 Å². The van der Waals surface area contributed by atoms with Gasteiger partial charge in [-0.1, -0.05) is 41.4 Å². The van der Waals surface area contributed by atoms with E-state index in [4.69, 9.17) is 27.6 Å². The van der Waals surface area contributed by atoms with Crippen LogP contribution < -0.4 is 0 Å². The number of benzene rings is 2. The SMILES string of the molecule is CCN(Cc1ccc(Cl)c(Cl)c1)C(=O)CCc1ncc(-c2ccccc2F)o1. The molecule has 146 valence electrons. The van der Waals surface area contributed by atoms with Crippen molar-refractivity contribution in [1.82, 2.24) is 9.88 Å². The zero-order chi connectivity index (χ0) is 20.1. The van der Waals surface area contributed by atoms with E-state index in [1.807, 2.05) is 13.0 Å². The van der Waals surface area contributed by atoms with Crippen molar-refractivity contribution in [1.29, 1.82) is 0 Å². The maximum absolute atomic E-state index is 13.8. The fourth-order valence-electron chi connectivity index (χ4n) is 2.82. The summed E-state index contributed by atoms with van der Waals surface area (Å²) in [5.74, 6) is 0.347. The van der Waals surface area contributed by atoms with Crippen LogP contribution in [-0.2, 0) is 17.8 Å². The summed E-state index contributed by atoms with van der Waals surface area (Å²) in [7, 11) is 0. The molecule has 3 aromatic rings. The number of oxazole rings is 1. The molecule has 0 aliphatic rings. The second-order valence-corrected chi connectivity index (χ2v) is 7.07. The van der Waals surface area contributed by atoms with Crippen molar-refractivity contribution < 1.29 is 13.6 Å². The normalized spacial score (nSPS) is 10.9. The lowest BCUT2D eigenvalue weighted by Gasteiger charge is -2.21.